The van der Waals surface area contributed by atoms with E-state index in [1.807, 2.05) is 28.8 Å². The summed E-state index contributed by atoms with van der Waals surface area (Å²) < 4.78 is 12.9. The first-order valence-electron chi connectivity index (χ1n) is 8.97. The monoisotopic (exact) mass is 418 g/mol. The number of nitrogens with one attached hydrogen (secondary N) is 1. The molecule has 28 heavy (non-hydrogen) atoms. The molecule has 146 valence electrons. The molecule has 2 aromatic heterocycles. The van der Waals surface area contributed by atoms with Gasteiger partial charge in [0, 0.05) is 18.2 Å². The van der Waals surface area contributed by atoms with Crippen LogP contribution in [0.25, 0.3) is 17.3 Å². The lowest BCUT2D eigenvalue weighted by molar-refractivity contribution is -0.119. The van der Waals surface area contributed by atoms with Crippen LogP contribution in [0, 0.1) is 0 Å². The average Bonchev–Trinajstić information content (AvgIpc) is 3.46. The van der Waals surface area contributed by atoms with Gasteiger partial charge in [-0.05, 0) is 43.2 Å². The largest absolute Gasteiger partial charge is 0.461 e. The predicted octanol–water partition coefficient (Wildman–Crippen LogP) is 3.57. The van der Waals surface area contributed by atoms with Crippen LogP contribution in [-0.2, 0) is 9.53 Å². The Bertz CT molecular complexity index is 939. The van der Waals surface area contributed by atoms with Crippen molar-refractivity contribution in [3.05, 3.63) is 47.7 Å². The molecule has 1 aliphatic heterocycles. The van der Waals surface area contributed by atoms with Crippen molar-refractivity contribution in [3.8, 4) is 17.3 Å². The molecular weight excluding hydrogens is 400 g/mol. The van der Waals surface area contributed by atoms with Crippen LogP contribution in [0.1, 0.15) is 12.8 Å². The van der Waals surface area contributed by atoms with Gasteiger partial charge in [-0.3, -0.25) is 9.36 Å². The first-order valence-corrected chi connectivity index (χ1v) is 10.3. The highest BCUT2D eigenvalue weighted by Crippen LogP contribution is 2.29. The maximum atomic E-state index is 12.2. The minimum absolute atomic E-state index is 0.0688. The Hall–Kier alpha value is -2.29. The summed E-state index contributed by atoms with van der Waals surface area (Å²) in [7, 11) is 0. The number of carbonyl (C=O) groups is 1. The summed E-state index contributed by atoms with van der Waals surface area (Å²) in [6.07, 6.45) is 3.74. The number of nitrogens with zero attached hydrogens (tertiary/aromatic N) is 3. The van der Waals surface area contributed by atoms with E-state index in [2.05, 4.69) is 15.5 Å². The SMILES string of the molecule is O=C(CSc1nnc(-c2ccco2)n1-c1cccc(Cl)c1)NCC1CCCO1. The van der Waals surface area contributed by atoms with Crippen molar-refractivity contribution < 1.29 is 13.9 Å². The molecule has 0 spiro atoms. The van der Waals surface area contributed by atoms with Crippen molar-refractivity contribution in [3.63, 3.8) is 0 Å². The third-order valence-corrected chi connectivity index (χ3v) is 5.49. The zero-order chi connectivity index (χ0) is 19.3. The molecule has 1 N–H and O–H groups in total. The van der Waals surface area contributed by atoms with Crippen LogP contribution in [0.3, 0.4) is 0 Å². The summed E-state index contributed by atoms with van der Waals surface area (Å²) >= 11 is 7.47. The lowest BCUT2D eigenvalue weighted by Crippen LogP contribution is -2.32. The molecule has 1 aliphatic rings. The first-order chi connectivity index (χ1) is 13.7. The van der Waals surface area contributed by atoms with Crippen molar-refractivity contribution in [1.82, 2.24) is 20.1 Å². The van der Waals surface area contributed by atoms with Crippen LogP contribution in [0.5, 0.6) is 0 Å². The van der Waals surface area contributed by atoms with E-state index in [0.717, 1.165) is 25.1 Å². The fourth-order valence-corrected chi connectivity index (χ4v) is 3.96. The summed E-state index contributed by atoms with van der Waals surface area (Å²) in [5.41, 5.74) is 0.797. The molecule has 1 aromatic carbocycles. The molecule has 3 aromatic rings. The second-order valence-corrected chi connectivity index (χ2v) is 7.71. The lowest BCUT2D eigenvalue weighted by Gasteiger charge is -2.11. The van der Waals surface area contributed by atoms with E-state index in [4.69, 9.17) is 20.8 Å². The predicted molar refractivity (Wildman–Crippen MR) is 107 cm³/mol. The van der Waals surface area contributed by atoms with Crippen molar-refractivity contribution in [2.45, 2.75) is 24.1 Å². The summed E-state index contributed by atoms with van der Waals surface area (Å²) in [4.78, 5) is 12.2. The number of carbonyl (C=O) groups excluding carboxylic acids is 1. The summed E-state index contributed by atoms with van der Waals surface area (Å²) in [6.45, 7) is 1.31. The second-order valence-electron chi connectivity index (χ2n) is 6.33. The molecular formula is C19H19ClN4O3S. The molecule has 0 bridgehead atoms. The number of furan rings is 1. The van der Waals surface area contributed by atoms with Crippen LogP contribution >= 0.6 is 23.4 Å². The van der Waals surface area contributed by atoms with Crippen LogP contribution in [-0.4, -0.2) is 45.7 Å². The first kappa shape index (κ1) is 19.0. The molecule has 1 saturated heterocycles. The van der Waals surface area contributed by atoms with E-state index >= 15 is 0 Å². The smallest absolute Gasteiger partial charge is 0.230 e. The Balaban J connectivity index is 1.51. The van der Waals surface area contributed by atoms with Crippen molar-refractivity contribution in [2.24, 2.45) is 0 Å². The van der Waals surface area contributed by atoms with Crippen molar-refractivity contribution >= 4 is 29.3 Å². The molecule has 1 amide bonds. The fourth-order valence-electron chi connectivity index (χ4n) is 2.99. The van der Waals surface area contributed by atoms with Gasteiger partial charge >= 0.3 is 0 Å². The highest BCUT2D eigenvalue weighted by atomic mass is 35.5. The van der Waals surface area contributed by atoms with E-state index in [1.54, 1.807) is 18.4 Å². The van der Waals surface area contributed by atoms with Gasteiger partial charge in [0.05, 0.1) is 23.8 Å². The highest BCUT2D eigenvalue weighted by molar-refractivity contribution is 7.99. The fraction of sp³-hybridized carbons (Fsp3) is 0.316. The highest BCUT2D eigenvalue weighted by Gasteiger charge is 2.20. The zero-order valence-electron chi connectivity index (χ0n) is 15.0. The minimum atomic E-state index is -0.0688. The normalized spacial score (nSPS) is 16.4. The summed E-state index contributed by atoms with van der Waals surface area (Å²) in [5, 5.41) is 12.6. The maximum Gasteiger partial charge on any atom is 0.230 e. The molecule has 9 heteroatoms. The van der Waals surface area contributed by atoms with Crippen LogP contribution in [0.15, 0.2) is 52.2 Å². The van der Waals surface area contributed by atoms with Gasteiger partial charge in [-0.25, -0.2) is 0 Å². The molecule has 1 unspecified atom stereocenters. The van der Waals surface area contributed by atoms with Crippen LogP contribution in [0.2, 0.25) is 5.02 Å². The zero-order valence-corrected chi connectivity index (χ0v) is 16.6. The average molecular weight is 419 g/mol. The van der Waals surface area contributed by atoms with Gasteiger partial charge in [0.1, 0.15) is 0 Å². The molecule has 1 atom stereocenters. The number of amides is 1. The second kappa shape index (κ2) is 8.81. The molecule has 7 nitrogen and oxygen atoms in total. The van der Waals surface area contributed by atoms with E-state index in [1.165, 1.54) is 11.8 Å². The van der Waals surface area contributed by atoms with Gasteiger partial charge in [0.15, 0.2) is 10.9 Å². The number of benzene rings is 1. The van der Waals surface area contributed by atoms with Crippen molar-refractivity contribution in [2.75, 3.05) is 18.9 Å². The molecule has 0 aliphatic carbocycles. The Kier molecular flexibility index (Phi) is 5.99. The third-order valence-electron chi connectivity index (χ3n) is 4.32. The number of ether oxygens (including phenoxy) is 1. The number of halogens is 1. The van der Waals surface area contributed by atoms with Crippen LogP contribution in [0.4, 0.5) is 0 Å². The Morgan fingerprint density at radius 3 is 3.00 bits per heavy atom. The Labute approximate surface area is 171 Å². The quantitative estimate of drug-likeness (QED) is 0.590. The number of aromatic nitrogens is 3. The molecule has 1 fully saturated rings. The van der Waals surface area contributed by atoms with Gasteiger partial charge in [-0.15, -0.1) is 10.2 Å². The minimum Gasteiger partial charge on any atom is -0.461 e. The van der Waals surface area contributed by atoms with Crippen molar-refractivity contribution in [1.29, 1.82) is 0 Å². The molecule has 0 saturated carbocycles. The molecule has 0 radical (unpaired) electrons. The summed E-state index contributed by atoms with van der Waals surface area (Å²) in [5.74, 6) is 1.29. The number of thioether (sulfide) groups is 1. The van der Waals surface area contributed by atoms with Gasteiger partial charge in [-0.2, -0.15) is 0 Å². The third kappa shape index (κ3) is 4.40. The number of rotatable bonds is 7. The Morgan fingerprint density at radius 2 is 2.25 bits per heavy atom. The van der Waals surface area contributed by atoms with E-state index in [0.29, 0.717) is 28.3 Å². The lowest BCUT2D eigenvalue weighted by atomic mass is 10.2. The molecule has 4 rings (SSSR count). The van der Waals surface area contributed by atoms with Gasteiger partial charge in [0.25, 0.3) is 0 Å². The van der Waals surface area contributed by atoms with E-state index in [9.17, 15) is 4.79 Å². The number of hydrogen-bond donors (Lipinski definition) is 1. The van der Waals surface area contributed by atoms with E-state index < -0.39 is 0 Å². The van der Waals surface area contributed by atoms with E-state index in [-0.39, 0.29) is 17.8 Å². The molecule has 3 heterocycles. The summed E-state index contributed by atoms with van der Waals surface area (Å²) in [6, 6.07) is 11.0. The van der Waals surface area contributed by atoms with Gasteiger partial charge in [0.2, 0.25) is 11.7 Å². The van der Waals surface area contributed by atoms with Gasteiger partial charge < -0.3 is 14.5 Å². The van der Waals surface area contributed by atoms with Gasteiger partial charge in [-0.1, -0.05) is 29.4 Å². The standard InChI is InChI=1S/C19H19ClN4O3S/c20-13-4-1-5-14(10-13)24-18(16-7-3-9-27-16)22-23-19(24)28-12-17(25)21-11-15-6-2-8-26-15/h1,3-5,7,9-10,15H,2,6,8,11-12H2,(H,21,25). The van der Waals surface area contributed by atoms with Crippen LogP contribution < -0.4 is 5.32 Å². The topological polar surface area (TPSA) is 82.2 Å². The maximum absolute atomic E-state index is 12.2. The number of hydrogen-bond acceptors (Lipinski definition) is 6. The Morgan fingerprint density at radius 1 is 1.32 bits per heavy atom.